The summed E-state index contributed by atoms with van der Waals surface area (Å²) in [5.41, 5.74) is 8.43. The Bertz CT molecular complexity index is 3330. The van der Waals surface area contributed by atoms with Crippen LogP contribution < -0.4 is 28.4 Å². The highest BCUT2D eigenvalue weighted by Gasteiger charge is 2.29. The van der Waals surface area contributed by atoms with Crippen LogP contribution in [-0.4, -0.2) is 15.3 Å². The van der Waals surface area contributed by atoms with E-state index in [-0.39, 0.29) is 69.5 Å². The molecule has 9 heteroatoms. The van der Waals surface area contributed by atoms with Crippen LogP contribution in [0, 0.1) is 0 Å². The van der Waals surface area contributed by atoms with Gasteiger partial charge in [-0.3, -0.25) is 0 Å². The Hall–Kier alpha value is -9.34. The topological polar surface area (TPSA) is 116 Å². The Kier molecular flexibility index (Phi) is 17.9. The summed E-state index contributed by atoms with van der Waals surface area (Å²) < 4.78 is 38.5. The fourth-order valence-electron chi connectivity index (χ4n) is 8.97. The first-order valence-corrected chi connectivity index (χ1v) is 25.6. The number of hydrogen-bond donors (Lipinski definition) is 3. The zero-order valence-corrected chi connectivity index (χ0v) is 42.9. The minimum Gasteiger partial charge on any atom is -0.507 e. The molecule has 9 aromatic carbocycles. The van der Waals surface area contributed by atoms with Gasteiger partial charge in [0.15, 0.2) is 0 Å². The molecule has 0 spiro atoms. The molecule has 0 saturated heterocycles. The smallest absolute Gasteiger partial charge is 0.131 e. The van der Waals surface area contributed by atoms with Crippen LogP contribution >= 0.6 is 0 Å². The molecule has 0 saturated carbocycles. The monoisotopic (exact) mass is 1020 g/mol. The summed E-state index contributed by atoms with van der Waals surface area (Å²) in [4.78, 5) is 0. The van der Waals surface area contributed by atoms with Crippen LogP contribution in [0.3, 0.4) is 0 Å². The molecular formula is C68H62O9. The van der Waals surface area contributed by atoms with Gasteiger partial charge in [-0.25, -0.2) is 0 Å². The van der Waals surface area contributed by atoms with Crippen molar-refractivity contribution in [3.05, 3.63) is 293 Å². The zero-order valence-electron chi connectivity index (χ0n) is 42.9. The maximum Gasteiger partial charge on any atom is 0.131 e. The van der Waals surface area contributed by atoms with Gasteiger partial charge in [0.25, 0.3) is 0 Å². The summed E-state index contributed by atoms with van der Waals surface area (Å²) >= 11 is 0. The second kappa shape index (κ2) is 26.2. The van der Waals surface area contributed by atoms with E-state index in [0.717, 1.165) is 33.4 Å². The summed E-state index contributed by atoms with van der Waals surface area (Å²) in [5, 5.41) is 36.3. The van der Waals surface area contributed by atoms with Crippen LogP contribution in [0.5, 0.6) is 51.7 Å². The Morgan fingerprint density at radius 3 is 0.974 bits per heavy atom. The molecule has 77 heavy (non-hydrogen) atoms. The maximum atomic E-state index is 12.4. The van der Waals surface area contributed by atoms with Gasteiger partial charge in [-0.2, -0.15) is 0 Å². The van der Waals surface area contributed by atoms with Gasteiger partial charge in [0.05, 0.1) is 0 Å². The number of phenols is 3. The molecule has 0 bridgehead atoms. The Labute approximate surface area is 451 Å². The molecule has 9 aromatic rings. The highest BCUT2D eigenvalue weighted by Crippen LogP contribution is 2.48. The van der Waals surface area contributed by atoms with Crippen LogP contribution in [0.1, 0.15) is 62.4 Å². The van der Waals surface area contributed by atoms with Crippen molar-refractivity contribution in [2.24, 2.45) is 0 Å². The highest BCUT2D eigenvalue weighted by molar-refractivity contribution is 5.58. The van der Waals surface area contributed by atoms with Gasteiger partial charge in [0.1, 0.15) is 91.4 Å². The Balaban J connectivity index is 1.08. The molecule has 0 radical (unpaired) electrons. The summed E-state index contributed by atoms with van der Waals surface area (Å²) in [5.74, 6) is 1.65. The van der Waals surface area contributed by atoms with Crippen molar-refractivity contribution in [1.29, 1.82) is 0 Å². The number of benzene rings is 9. The molecule has 0 amide bonds. The second-order valence-corrected chi connectivity index (χ2v) is 18.9. The maximum absolute atomic E-state index is 12.4. The number of hydrogen-bond acceptors (Lipinski definition) is 9. The Morgan fingerprint density at radius 1 is 0.338 bits per heavy atom. The van der Waals surface area contributed by atoms with E-state index in [0.29, 0.717) is 68.9 Å². The van der Waals surface area contributed by atoms with Gasteiger partial charge >= 0.3 is 0 Å². The van der Waals surface area contributed by atoms with Crippen molar-refractivity contribution in [2.45, 2.75) is 64.8 Å². The molecule has 388 valence electrons. The molecule has 1 atom stereocenters. The van der Waals surface area contributed by atoms with Crippen LogP contribution in [0.25, 0.3) is 0 Å². The third-order valence-electron chi connectivity index (χ3n) is 13.0. The summed E-state index contributed by atoms with van der Waals surface area (Å²) in [6.07, 6.45) is 0.518. The van der Waals surface area contributed by atoms with Crippen LogP contribution in [0.15, 0.2) is 243 Å². The molecule has 0 heterocycles. The van der Waals surface area contributed by atoms with Gasteiger partial charge in [-0.1, -0.05) is 206 Å². The van der Waals surface area contributed by atoms with Crippen LogP contribution in [0.2, 0.25) is 0 Å². The van der Waals surface area contributed by atoms with Crippen molar-refractivity contribution >= 4 is 0 Å². The average Bonchev–Trinajstić information content (AvgIpc) is 3.47. The number of phenolic OH excluding ortho intramolecular Hbond substituents is 3. The lowest BCUT2D eigenvalue weighted by Crippen LogP contribution is -2.11. The van der Waals surface area contributed by atoms with E-state index in [2.05, 4.69) is 6.58 Å². The molecule has 0 aliphatic rings. The molecule has 9 nitrogen and oxygen atoms in total. The molecular weight excluding hydrogens is 961 g/mol. The van der Waals surface area contributed by atoms with E-state index in [1.54, 1.807) is 36.4 Å². The SMILES string of the molecule is C=C(Cc1c(O)cc(OCc2ccccc2)cc1OCc1ccccc1)CC(C(=C)Cc1c(O)cc(OCc2ccccc2)cc1OCc1ccccc1)c1c(O)cc(OCc2ccccc2)cc1OCc1ccccc1. The fraction of sp³-hybridized carbons (Fsp3) is 0.147. The molecule has 1 unspecified atom stereocenters. The zero-order chi connectivity index (χ0) is 53.2. The molecule has 0 aliphatic heterocycles. The van der Waals surface area contributed by atoms with Crippen molar-refractivity contribution in [2.75, 3.05) is 0 Å². The number of rotatable bonds is 26. The van der Waals surface area contributed by atoms with E-state index in [4.69, 9.17) is 35.0 Å². The number of allylic oxidation sites excluding steroid dienone is 2. The minimum atomic E-state index is -0.684. The lowest BCUT2D eigenvalue weighted by atomic mass is 9.81. The van der Waals surface area contributed by atoms with E-state index < -0.39 is 5.92 Å². The van der Waals surface area contributed by atoms with Gasteiger partial charge < -0.3 is 43.7 Å². The molecule has 9 rings (SSSR count). The van der Waals surface area contributed by atoms with Crippen molar-refractivity contribution in [1.82, 2.24) is 0 Å². The number of ether oxygens (including phenoxy) is 6. The van der Waals surface area contributed by atoms with Crippen LogP contribution in [0.4, 0.5) is 0 Å². The second-order valence-electron chi connectivity index (χ2n) is 18.9. The Morgan fingerprint density at radius 2 is 0.623 bits per heavy atom. The largest absolute Gasteiger partial charge is 0.507 e. The van der Waals surface area contributed by atoms with Crippen LogP contribution in [-0.2, 0) is 52.5 Å². The number of aromatic hydroxyl groups is 3. The minimum absolute atomic E-state index is 0.0236. The van der Waals surface area contributed by atoms with E-state index in [9.17, 15) is 15.3 Å². The quantitative estimate of drug-likeness (QED) is 0.0456. The molecule has 0 fully saturated rings. The van der Waals surface area contributed by atoms with E-state index in [1.165, 1.54) is 0 Å². The summed E-state index contributed by atoms with van der Waals surface area (Å²) in [6, 6.07) is 69.0. The summed E-state index contributed by atoms with van der Waals surface area (Å²) in [7, 11) is 0. The van der Waals surface area contributed by atoms with Gasteiger partial charge in [0, 0.05) is 71.8 Å². The standard InChI is InChI=1S/C68H62O9/c1-48(34-60-62(69)36-56(72-42-50-21-9-3-10-22-50)39-65(60)75-45-53-27-15-6-16-28-53)33-59(68-64(71)38-58(74-44-52-25-13-5-14-26-52)41-67(68)77-47-55-31-19-8-20-32-55)49(2)35-61-63(70)37-57(73-43-51-23-11-4-12-24-51)40-66(61)76-46-54-29-17-7-18-30-54/h3-32,36-41,59,69-71H,1-2,33-35,42-47H2. The first-order valence-electron chi connectivity index (χ1n) is 25.6. The van der Waals surface area contributed by atoms with Crippen molar-refractivity contribution in [3.63, 3.8) is 0 Å². The van der Waals surface area contributed by atoms with Crippen molar-refractivity contribution < 1.29 is 43.7 Å². The summed E-state index contributed by atoms with van der Waals surface area (Å²) in [6.45, 7) is 10.8. The lowest BCUT2D eigenvalue weighted by Gasteiger charge is -2.27. The van der Waals surface area contributed by atoms with E-state index in [1.807, 2.05) is 182 Å². The first-order chi connectivity index (χ1) is 37.7. The highest BCUT2D eigenvalue weighted by atomic mass is 16.5. The molecule has 0 aliphatic carbocycles. The third kappa shape index (κ3) is 14.9. The normalized spacial score (nSPS) is 11.3. The van der Waals surface area contributed by atoms with Gasteiger partial charge in [0.2, 0.25) is 0 Å². The first kappa shape index (κ1) is 52.5. The predicted octanol–water partition coefficient (Wildman–Crippen LogP) is 15.3. The van der Waals surface area contributed by atoms with Gasteiger partial charge in [-0.05, 0) is 39.8 Å². The van der Waals surface area contributed by atoms with Crippen molar-refractivity contribution in [3.8, 4) is 51.7 Å². The average molecular weight is 1020 g/mol. The van der Waals surface area contributed by atoms with Gasteiger partial charge in [-0.15, -0.1) is 0 Å². The predicted molar refractivity (Wildman–Crippen MR) is 302 cm³/mol. The molecule has 0 aromatic heterocycles. The fourth-order valence-corrected chi connectivity index (χ4v) is 8.97. The van der Waals surface area contributed by atoms with E-state index >= 15 is 0 Å². The lowest BCUT2D eigenvalue weighted by molar-refractivity contribution is 0.282. The third-order valence-corrected chi connectivity index (χ3v) is 13.0. The molecule has 3 N–H and O–H groups in total.